The van der Waals surface area contributed by atoms with Crippen molar-refractivity contribution in [2.75, 3.05) is 13.2 Å². The molecule has 4 heteroatoms. The molecule has 106 valence electrons. The van der Waals surface area contributed by atoms with Crippen molar-refractivity contribution in [2.24, 2.45) is 0 Å². The number of benzene rings is 1. The van der Waals surface area contributed by atoms with E-state index in [0.717, 1.165) is 28.8 Å². The molecule has 1 aromatic rings. The number of hydrogen-bond acceptors (Lipinski definition) is 3. The van der Waals surface area contributed by atoms with Crippen molar-refractivity contribution in [1.82, 2.24) is 0 Å². The van der Waals surface area contributed by atoms with Crippen LogP contribution < -0.4 is 9.47 Å². The van der Waals surface area contributed by atoms with Gasteiger partial charge in [-0.15, -0.1) is 0 Å². The van der Waals surface area contributed by atoms with Crippen LogP contribution in [0.15, 0.2) is 16.6 Å². The van der Waals surface area contributed by atoms with Gasteiger partial charge in [0.15, 0.2) is 0 Å². The maximum absolute atomic E-state index is 5.72. The van der Waals surface area contributed by atoms with Crippen LogP contribution in [0.2, 0.25) is 0 Å². The van der Waals surface area contributed by atoms with Crippen molar-refractivity contribution in [3.05, 3.63) is 22.2 Å². The molecule has 2 atom stereocenters. The van der Waals surface area contributed by atoms with E-state index < -0.39 is 0 Å². The summed E-state index contributed by atoms with van der Waals surface area (Å²) in [4.78, 5) is 0. The largest absolute Gasteiger partial charge is 0.493 e. The number of aryl methyl sites for hydroxylation is 1. The summed E-state index contributed by atoms with van der Waals surface area (Å²) in [5, 5.41) is 0. The highest BCUT2D eigenvalue weighted by molar-refractivity contribution is 9.10. The Labute approximate surface area is 123 Å². The van der Waals surface area contributed by atoms with E-state index in [1.165, 1.54) is 5.56 Å². The Hall–Kier alpha value is -0.740. The van der Waals surface area contributed by atoms with Crippen molar-refractivity contribution >= 4 is 15.9 Å². The van der Waals surface area contributed by atoms with E-state index in [1.807, 2.05) is 19.9 Å². The van der Waals surface area contributed by atoms with Gasteiger partial charge in [0.1, 0.15) is 11.5 Å². The summed E-state index contributed by atoms with van der Waals surface area (Å²) in [6, 6.07) is 4.08. The maximum Gasteiger partial charge on any atom is 0.137 e. The number of rotatable bonds is 7. The monoisotopic (exact) mass is 328 g/mol. The van der Waals surface area contributed by atoms with Crippen LogP contribution in [0.1, 0.15) is 32.8 Å². The molecule has 0 radical (unpaired) electrons. The van der Waals surface area contributed by atoms with Crippen LogP contribution in [-0.4, -0.2) is 25.4 Å². The highest BCUT2D eigenvalue weighted by Crippen LogP contribution is 2.35. The summed E-state index contributed by atoms with van der Waals surface area (Å²) < 4.78 is 17.7. The van der Waals surface area contributed by atoms with Crippen molar-refractivity contribution in [1.29, 1.82) is 0 Å². The van der Waals surface area contributed by atoms with Gasteiger partial charge in [0.25, 0.3) is 0 Å². The fourth-order valence-corrected chi connectivity index (χ4v) is 2.66. The third-order valence-corrected chi connectivity index (χ3v) is 3.87. The first kappa shape index (κ1) is 14.7. The van der Waals surface area contributed by atoms with Gasteiger partial charge in [-0.1, -0.05) is 0 Å². The minimum atomic E-state index is 0.417. The second-order valence-electron chi connectivity index (χ2n) is 4.67. The third kappa shape index (κ3) is 3.86. The molecular formula is C15H21BrO3. The van der Waals surface area contributed by atoms with E-state index in [0.29, 0.717) is 25.4 Å². The molecule has 2 unspecified atom stereocenters. The fraction of sp³-hybridized carbons (Fsp3) is 0.600. The lowest BCUT2D eigenvalue weighted by atomic mass is 10.1. The molecule has 1 fully saturated rings. The number of ether oxygens (including phenoxy) is 3. The SMILES string of the molecule is CCOc1cc(OCC)c(CCC2OC2C)cc1Br. The zero-order valence-corrected chi connectivity index (χ0v) is 13.3. The van der Waals surface area contributed by atoms with Gasteiger partial charge in [0, 0.05) is 6.07 Å². The van der Waals surface area contributed by atoms with E-state index >= 15 is 0 Å². The Morgan fingerprint density at radius 3 is 2.37 bits per heavy atom. The first-order valence-electron chi connectivity index (χ1n) is 6.89. The summed E-state index contributed by atoms with van der Waals surface area (Å²) in [6.07, 6.45) is 2.85. The molecule has 0 aliphatic carbocycles. The number of hydrogen-bond donors (Lipinski definition) is 0. The molecule has 1 saturated heterocycles. The Morgan fingerprint density at radius 1 is 1.16 bits per heavy atom. The van der Waals surface area contributed by atoms with Crippen LogP contribution in [0.3, 0.4) is 0 Å². The van der Waals surface area contributed by atoms with E-state index in [9.17, 15) is 0 Å². The Kier molecular flexibility index (Phi) is 5.11. The van der Waals surface area contributed by atoms with Crippen LogP contribution in [-0.2, 0) is 11.2 Å². The molecular weight excluding hydrogens is 308 g/mol. The smallest absolute Gasteiger partial charge is 0.137 e. The summed E-state index contributed by atoms with van der Waals surface area (Å²) >= 11 is 3.56. The third-order valence-electron chi connectivity index (χ3n) is 3.25. The standard InChI is InChI=1S/C15H21BrO3/c1-4-17-14-9-15(18-5-2)12(16)8-11(14)6-7-13-10(3)19-13/h8-10,13H,4-7H2,1-3H3. The average Bonchev–Trinajstić information content (AvgIpc) is 3.08. The van der Waals surface area contributed by atoms with Crippen LogP contribution >= 0.6 is 15.9 Å². The first-order chi connectivity index (χ1) is 9.15. The van der Waals surface area contributed by atoms with Crippen molar-refractivity contribution < 1.29 is 14.2 Å². The van der Waals surface area contributed by atoms with Crippen LogP contribution in [0, 0.1) is 0 Å². The van der Waals surface area contributed by atoms with Gasteiger partial charge in [-0.2, -0.15) is 0 Å². The van der Waals surface area contributed by atoms with Gasteiger partial charge in [-0.05, 0) is 61.2 Å². The van der Waals surface area contributed by atoms with Crippen molar-refractivity contribution in [2.45, 2.75) is 45.8 Å². The zero-order chi connectivity index (χ0) is 13.8. The molecule has 1 aromatic carbocycles. The lowest BCUT2D eigenvalue weighted by molar-refractivity contribution is 0.318. The molecule has 3 nitrogen and oxygen atoms in total. The quantitative estimate of drug-likeness (QED) is 0.710. The predicted octanol–water partition coefficient (Wildman–Crippen LogP) is 3.97. The van der Waals surface area contributed by atoms with Gasteiger partial charge in [0.05, 0.1) is 29.9 Å². The molecule has 0 amide bonds. The molecule has 0 N–H and O–H groups in total. The van der Waals surface area contributed by atoms with E-state index in [1.54, 1.807) is 0 Å². The van der Waals surface area contributed by atoms with Gasteiger partial charge >= 0.3 is 0 Å². The number of halogens is 1. The molecule has 1 aliphatic heterocycles. The maximum atomic E-state index is 5.72. The highest BCUT2D eigenvalue weighted by Gasteiger charge is 2.33. The molecule has 0 spiro atoms. The topological polar surface area (TPSA) is 31.0 Å². The molecule has 2 rings (SSSR count). The van der Waals surface area contributed by atoms with Gasteiger partial charge in [-0.25, -0.2) is 0 Å². The van der Waals surface area contributed by atoms with Crippen LogP contribution in [0.25, 0.3) is 0 Å². The summed E-state index contributed by atoms with van der Waals surface area (Å²) in [5.41, 5.74) is 1.21. The second kappa shape index (κ2) is 6.62. The Bertz CT molecular complexity index is 434. The van der Waals surface area contributed by atoms with Gasteiger partial charge < -0.3 is 14.2 Å². The lowest BCUT2D eigenvalue weighted by Crippen LogP contribution is -2.01. The average molecular weight is 329 g/mol. The van der Waals surface area contributed by atoms with E-state index in [-0.39, 0.29) is 0 Å². The molecule has 0 bridgehead atoms. The fourth-order valence-electron chi connectivity index (χ4n) is 2.16. The van der Waals surface area contributed by atoms with E-state index in [4.69, 9.17) is 14.2 Å². The molecule has 1 heterocycles. The minimum absolute atomic E-state index is 0.417. The minimum Gasteiger partial charge on any atom is -0.493 e. The van der Waals surface area contributed by atoms with Crippen molar-refractivity contribution in [3.8, 4) is 11.5 Å². The highest BCUT2D eigenvalue weighted by atomic mass is 79.9. The normalized spacial score (nSPS) is 21.3. The lowest BCUT2D eigenvalue weighted by Gasteiger charge is -2.14. The van der Waals surface area contributed by atoms with Crippen LogP contribution in [0.5, 0.6) is 11.5 Å². The van der Waals surface area contributed by atoms with Crippen LogP contribution in [0.4, 0.5) is 0 Å². The van der Waals surface area contributed by atoms with Crippen molar-refractivity contribution in [3.63, 3.8) is 0 Å². The Morgan fingerprint density at radius 2 is 1.79 bits per heavy atom. The second-order valence-corrected chi connectivity index (χ2v) is 5.53. The first-order valence-corrected chi connectivity index (χ1v) is 7.68. The molecule has 0 aromatic heterocycles. The summed E-state index contributed by atoms with van der Waals surface area (Å²) in [6.45, 7) is 7.40. The van der Waals surface area contributed by atoms with Gasteiger partial charge in [-0.3, -0.25) is 0 Å². The predicted molar refractivity (Wildman–Crippen MR) is 79.1 cm³/mol. The Balaban J connectivity index is 2.12. The summed E-state index contributed by atoms with van der Waals surface area (Å²) in [5.74, 6) is 1.76. The number of epoxide rings is 1. The molecule has 0 saturated carbocycles. The molecule has 19 heavy (non-hydrogen) atoms. The van der Waals surface area contributed by atoms with E-state index in [2.05, 4.69) is 28.9 Å². The zero-order valence-electron chi connectivity index (χ0n) is 11.7. The molecule has 1 aliphatic rings. The summed E-state index contributed by atoms with van der Waals surface area (Å²) in [7, 11) is 0. The van der Waals surface area contributed by atoms with Gasteiger partial charge in [0.2, 0.25) is 0 Å².